The summed E-state index contributed by atoms with van der Waals surface area (Å²) in [5.41, 5.74) is 4.40. The number of nitrogens with two attached hydrogens (primary N) is 1. The second-order valence-electron chi connectivity index (χ2n) is 3.88. The number of nitrogens with one attached hydrogen (secondary N) is 1. The van der Waals surface area contributed by atoms with Gasteiger partial charge in [-0.25, -0.2) is 10.1 Å². The van der Waals surface area contributed by atoms with Crippen LogP contribution in [0.15, 0.2) is 24.5 Å². The number of aryl methyl sites for hydroxylation is 1. The van der Waals surface area contributed by atoms with Gasteiger partial charge in [0.2, 0.25) is 0 Å². The summed E-state index contributed by atoms with van der Waals surface area (Å²) in [7, 11) is 0. The Morgan fingerprint density at radius 1 is 1.44 bits per heavy atom. The van der Waals surface area contributed by atoms with Gasteiger partial charge in [0.05, 0.1) is 22.6 Å². The second-order valence-corrected chi connectivity index (χ2v) is 4.32. The fourth-order valence-corrected chi connectivity index (χ4v) is 1.87. The molecule has 0 spiro atoms. The first-order valence-corrected chi connectivity index (χ1v) is 6.10. The van der Waals surface area contributed by atoms with Crippen molar-refractivity contribution in [2.45, 2.75) is 25.9 Å². The topological polar surface area (TPSA) is 81.7 Å². The van der Waals surface area contributed by atoms with Crippen LogP contribution in [0.2, 0.25) is 5.02 Å². The molecule has 3 N–H and O–H groups in total. The largest absolute Gasteiger partial charge is 0.270 e. The van der Waals surface area contributed by atoms with Crippen molar-refractivity contribution in [2.75, 3.05) is 0 Å². The molecule has 6 nitrogen and oxygen atoms in total. The van der Waals surface area contributed by atoms with Gasteiger partial charge in [-0.1, -0.05) is 23.7 Å². The number of rotatable bonds is 5. The zero-order valence-electron chi connectivity index (χ0n) is 10.0. The van der Waals surface area contributed by atoms with Crippen LogP contribution in [0.25, 0.3) is 0 Å². The summed E-state index contributed by atoms with van der Waals surface area (Å²) >= 11 is 5.82. The first-order chi connectivity index (χ1) is 8.76. The summed E-state index contributed by atoms with van der Waals surface area (Å²) in [5, 5.41) is 8.54. The molecule has 18 heavy (non-hydrogen) atoms. The lowest BCUT2D eigenvalue weighted by molar-refractivity contribution is 0.507. The minimum Gasteiger partial charge on any atom is -0.270 e. The van der Waals surface area contributed by atoms with Crippen LogP contribution in [0.4, 0.5) is 0 Å². The van der Waals surface area contributed by atoms with Gasteiger partial charge in [0, 0.05) is 12.7 Å². The molecule has 0 bridgehead atoms. The quantitative estimate of drug-likeness (QED) is 0.630. The summed E-state index contributed by atoms with van der Waals surface area (Å²) in [4.78, 5) is 4.26. The third-order valence-corrected chi connectivity index (χ3v) is 2.82. The van der Waals surface area contributed by atoms with Crippen LogP contribution in [0, 0.1) is 0 Å². The highest BCUT2D eigenvalue weighted by Crippen LogP contribution is 2.19. The van der Waals surface area contributed by atoms with E-state index >= 15 is 0 Å². The van der Waals surface area contributed by atoms with Crippen molar-refractivity contribution >= 4 is 11.6 Å². The van der Waals surface area contributed by atoms with Crippen molar-refractivity contribution in [1.82, 2.24) is 25.4 Å². The average molecular weight is 267 g/mol. The molecule has 96 valence electrons. The van der Waals surface area contributed by atoms with Gasteiger partial charge in [0.1, 0.15) is 6.04 Å². The van der Waals surface area contributed by atoms with Crippen LogP contribution in [0.1, 0.15) is 30.8 Å². The van der Waals surface area contributed by atoms with E-state index in [1.54, 1.807) is 18.5 Å². The third kappa shape index (κ3) is 2.66. The van der Waals surface area contributed by atoms with E-state index in [-0.39, 0.29) is 6.04 Å². The van der Waals surface area contributed by atoms with Crippen molar-refractivity contribution in [3.8, 4) is 0 Å². The Bertz CT molecular complexity index is 494. The minimum atomic E-state index is -0.246. The predicted octanol–water partition coefficient (Wildman–Crippen LogP) is 1.29. The van der Waals surface area contributed by atoms with Crippen LogP contribution in [-0.4, -0.2) is 20.0 Å². The van der Waals surface area contributed by atoms with Crippen molar-refractivity contribution in [1.29, 1.82) is 0 Å². The molecule has 1 unspecified atom stereocenters. The molecule has 7 heteroatoms. The molecule has 2 heterocycles. The lowest BCUT2D eigenvalue weighted by Crippen LogP contribution is -2.31. The normalized spacial score (nSPS) is 12.6. The predicted molar refractivity (Wildman–Crippen MR) is 68.7 cm³/mol. The summed E-state index contributed by atoms with van der Waals surface area (Å²) in [6.07, 6.45) is 4.26. The van der Waals surface area contributed by atoms with Crippen LogP contribution in [0.3, 0.4) is 0 Å². The van der Waals surface area contributed by atoms with E-state index in [1.807, 2.05) is 10.7 Å². The van der Waals surface area contributed by atoms with Gasteiger partial charge < -0.3 is 0 Å². The minimum absolute atomic E-state index is 0.246. The zero-order valence-corrected chi connectivity index (χ0v) is 10.8. The van der Waals surface area contributed by atoms with E-state index in [4.69, 9.17) is 17.4 Å². The van der Waals surface area contributed by atoms with Crippen molar-refractivity contribution in [3.05, 3.63) is 40.9 Å². The van der Waals surface area contributed by atoms with Crippen molar-refractivity contribution < 1.29 is 0 Å². The molecule has 0 saturated heterocycles. The van der Waals surface area contributed by atoms with Crippen LogP contribution in [0.5, 0.6) is 0 Å². The maximum absolute atomic E-state index is 5.82. The number of hydrogen-bond acceptors (Lipinski definition) is 5. The Hall–Kier alpha value is -1.50. The maximum atomic E-state index is 5.82. The second kappa shape index (κ2) is 5.90. The molecule has 0 amide bonds. The Morgan fingerprint density at radius 2 is 2.28 bits per heavy atom. The first-order valence-electron chi connectivity index (χ1n) is 5.72. The Kier molecular flexibility index (Phi) is 4.24. The lowest BCUT2D eigenvalue weighted by Gasteiger charge is -2.16. The molecule has 2 rings (SSSR count). The fraction of sp³-hybridized carbons (Fsp3) is 0.364. The molecule has 0 aliphatic heterocycles. The van der Waals surface area contributed by atoms with E-state index in [1.165, 1.54) is 0 Å². The van der Waals surface area contributed by atoms with E-state index < -0.39 is 0 Å². The molecular weight excluding hydrogens is 252 g/mol. The van der Waals surface area contributed by atoms with Gasteiger partial charge in [-0.2, -0.15) is 0 Å². The van der Waals surface area contributed by atoms with Crippen LogP contribution < -0.4 is 11.3 Å². The first kappa shape index (κ1) is 12.9. The van der Waals surface area contributed by atoms with Gasteiger partial charge >= 0.3 is 0 Å². The monoisotopic (exact) mass is 266 g/mol. The maximum Gasteiger partial charge on any atom is 0.106 e. The van der Waals surface area contributed by atoms with Crippen molar-refractivity contribution in [3.63, 3.8) is 0 Å². The molecule has 2 aromatic rings. The van der Waals surface area contributed by atoms with E-state index in [2.05, 4.69) is 27.6 Å². The number of aromatic nitrogens is 4. The lowest BCUT2D eigenvalue weighted by atomic mass is 10.1. The fourth-order valence-electron chi connectivity index (χ4n) is 1.76. The van der Waals surface area contributed by atoms with Gasteiger partial charge in [0.25, 0.3) is 0 Å². The van der Waals surface area contributed by atoms with Crippen LogP contribution in [-0.2, 0) is 6.54 Å². The summed E-state index contributed by atoms with van der Waals surface area (Å²) in [6, 6.07) is 3.36. The molecule has 1 atom stereocenters. The highest BCUT2D eigenvalue weighted by atomic mass is 35.5. The molecule has 0 saturated carbocycles. The Labute approximate surface area is 110 Å². The van der Waals surface area contributed by atoms with Gasteiger partial charge in [0.15, 0.2) is 0 Å². The average Bonchev–Trinajstić information content (AvgIpc) is 2.82. The van der Waals surface area contributed by atoms with Gasteiger partial charge in [-0.15, -0.1) is 5.10 Å². The number of hydrazine groups is 1. The third-order valence-electron chi connectivity index (χ3n) is 2.59. The molecule has 0 radical (unpaired) electrons. The van der Waals surface area contributed by atoms with Crippen molar-refractivity contribution in [2.24, 2.45) is 5.84 Å². The van der Waals surface area contributed by atoms with Gasteiger partial charge in [-0.05, 0) is 18.6 Å². The Balaban J connectivity index is 2.32. The zero-order chi connectivity index (χ0) is 13.0. The summed E-state index contributed by atoms with van der Waals surface area (Å²) in [6.45, 7) is 2.87. The molecular formula is C11H15ClN6. The highest BCUT2D eigenvalue weighted by molar-refractivity contribution is 6.30. The smallest absolute Gasteiger partial charge is 0.106 e. The molecule has 0 aliphatic rings. The number of pyridine rings is 1. The van der Waals surface area contributed by atoms with Gasteiger partial charge in [-0.3, -0.25) is 10.8 Å². The summed E-state index contributed by atoms with van der Waals surface area (Å²) in [5.74, 6) is 5.61. The van der Waals surface area contributed by atoms with E-state index in [0.717, 1.165) is 24.4 Å². The summed E-state index contributed by atoms with van der Waals surface area (Å²) < 4.78 is 1.82. The highest BCUT2D eigenvalue weighted by Gasteiger charge is 2.18. The van der Waals surface area contributed by atoms with E-state index in [9.17, 15) is 0 Å². The number of halogens is 1. The standard InChI is InChI=1S/C11H15ClN6/c1-2-5-18-10(7-15-17-18)11(16-13)9-4-3-8(12)6-14-9/h3-4,6-7,11,16H,2,5,13H2,1H3. The molecule has 0 fully saturated rings. The Morgan fingerprint density at radius 3 is 2.89 bits per heavy atom. The van der Waals surface area contributed by atoms with E-state index in [0.29, 0.717) is 5.02 Å². The molecule has 2 aromatic heterocycles. The number of hydrogen-bond donors (Lipinski definition) is 2. The number of nitrogens with zero attached hydrogens (tertiary/aromatic N) is 4. The molecule has 0 aromatic carbocycles. The van der Waals surface area contributed by atoms with Crippen LogP contribution >= 0.6 is 11.6 Å². The SMILES string of the molecule is CCCn1nncc1C(NN)c1ccc(Cl)cn1. The molecule has 0 aliphatic carbocycles.